The molecule has 0 aromatic heterocycles. The molecule has 12 heteroatoms. The van der Waals surface area contributed by atoms with Crippen LogP contribution < -0.4 is 4.74 Å². The molecule has 0 saturated carbocycles. The van der Waals surface area contributed by atoms with Crippen LogP contribution in [0.4, 0.5) is 4.39 Å². The lowest BCUT2D eigenvalue weighted by molar-refractivity contribution is -0.153. The molecule has 9 nitrogen and oxygen atoms in total. The third-order valence-electron chi connectivity index (χ3n) is 7.89. The number of amides is 2. The van der Waals surface area contributed by atoms with Gasteiger partial charge in [0.15, 0.2) is 0 Å². The van der Waals surface area contributed by atoms with E-state index in [-0.39, 0.29) is 47.3 Å². The summed E-state index contributed by atoms with van der Waals surface area (Å²) in [4.78, 5) is 32.6. The Labute approximate surface area is 245 Å². The van der Waals surface area contributed by atoms with Crippen molar-refractivity contribution >= 4 is 33.4 Å². The molecule has 2 unspecified atom stereocenters. The second-order valence-electron chi connectivity index (χ2n) is 10.8. The minimum absolute atomic E-state index is 0.0183. The topological polar surface area (TPSA) is 90.5 Å². The molecule has 3 aliphatic rings. The highest BCUT2D eigenvalue weighted by Crippen LogP contribution is 2.38. The zero-order chi connectivity index (χ0) is 29.5. The molecule has 2 aromatic carbocycles. The number of nitrogens with zero attached hydrogens (tertiary/aromatic N) is 4. The molecule has 0 aliphatic carbocycles. The van der Waals surface area contributed by atoms with Crippen molar-refractivity contribution in [2.24, 2.45) is 0 Å². The fourth-order valence-electron chi connectivity index (χ4n) is 5.75. The largest absolute Gasteiger partial charge is 0.495 e. The highest BCUT2D eigenvalue weighted by Gasteiger charge is 2.51. The first-order valence-corrected chi connectivity index (χ1v) is 15.6. The van der Waals surface area contributed by atoms with Gasteiger partial charge < -0.3 is 9.64 Å². The number of carbonyl (C=O) groups excluding carboxylic acids is 2. The molecule has 0 N–H and O–H groups in total. The number of benzene rings is 2. The van der Waals surface area contributed by atoms with E-state index in [0.29, 0.717) is 18.1 Å². The van der Waals surface area contributed by atoms with Crippen LogP contribution in [0.1, 0.15) is 38.7 Å². The van der Waals surface area contributed by atoms with Crippen LogP contribution in [0.2, 0.25) is 5.02 Å². The van der Waals surface area contributed by atoms with Gasteiger partial charge in [-0.05, 0) is 75.7 Å². The molecule has 0 radical (unpaired) electrons. The molecule has 0 bridgehead atoms. The van der Waals surface area contributed by atoms with Crippen LogP contribution in [0.15, 0.2) is 59.4 Å². The Balaban J connectivity index is 1.67. The minimum Gasteiger partial charge on any atom is -0.495 e. The van der Waals surface area contributed by atoms with Crippen molar-refractivity contribution in [3.8, 4) is 5.75 Å². The summed E-state index contributed by atoms with van der Waals surface area (Å²) < 4.78 is 49.5. The standard InChI is InChI=1S/C29H34ClFN4O5S/c1-19(2)33-18-27-34(41(38,39)26-16-22(31)11-12-25(26)40-3)17-24(32-13-5-4-6-14-32)29(37)35(27)23(28(33)36)15-20-7-9-21(30)10-8-20/h7-12,16,18-19,23-24H,4-6,13-15,17H2,1-3H3. The molecule has 2 amide bonds. The van der Waals surface area contributed by atoms with Crippen LogP contribution in [0.25, 0.3) is 0 Å². The molecule has 2 saturated heterocycles. The van der Waals surface area contributed by atoms with Crippen molar-refractivity contribution in [2.75, 3.05) is 26.7 Å². The third kappa shape index (κ3) is 5.54. The molecule has 2 aromatic rings. The number of likely N-dealkylation sites (tertiary alicyclic amines) is 1. The maximum absolute atomic E-state index is 14.4. The van der Waals surface area contributed by atoms with E-state index in [1.54, 1.807) is 24.3 Å². The van der Waals surface area contributed by atoms with E-state index in [1.807, 2.05) is 18.7 Å². The fraction of sp³-hybridized carbons (Fsp3) is 0.448. The normalized spacial score (nSPS) is 22.2. The van der Waals surface area contributed by atoms with Crippen LogP contribution in [0.5, 0.6) is 5.75 Å². The zero-order valence-corrected chi connectivity index (χ0v) is 24.9. The second-order valence-corrected chi connectivity index (χ2v) is 13.1. The summed E-state index contributed by atoms with van der Waals surface area (Å²) >= 11 is 6.09. The molecule has 220 valence electrons. The average Bonchev–Trinajstić information content (AvgIpc) is 2.95. The number of hydrogen-bond donors (Lipinski definition) is 0. The Morgan fingerprint density at radius 2 is 1.71 bits per heavy atom. The highest BCUT2D eigenvalue weighted by molar-refractivity contribution is 7.89. The van der Waals surface area contributed by atoms with Gasteiger partial charge in [0.2, 0.25) is 11.8 Å². The summed E-state index contributed by atoms with van der Waals surface area (Å²) in [5.41, 5.74) is 0.770. The van der Waals surface area contributed by atoms with Gasteiger partial charge in [0.25, 0.3) is 10.0 Å². The lowest BCUT2D eigenvalue weighted by Crippen LogP contribution is -2.68. The van der Waals surface area contributed by atoms with E-state index >= 15 is 0 Å². The monoisotopic (exact) mass is 604 g/mol. The number of carbonyl (C=O) groups is 2. The van der Waals surface area contributed by atoms with Gasteiger partial charge in [0, 0.05) is 23.7 Å². The number of fused-ring (bicyclic) bond motifs is 1. The lowest BCUT2D eigenvalue weighted by atomic mass is 9.98. The van der Waals surface area contributed by atoms with Crippen molar-refractivity contribution in [1.82, 2.24) is 19.0 Å². The number of ether oxygens (including phenoxy) is 1. The molecule has 2 fully saturated rings. The summed E-state index contributed by atoms with van der Waals surface area (Å²) in [6.45, 7) is 4.74. The fourth-order valence-corrected chi connectivity index (χ4v) is 7.50. The van der Waals surface area contributed by atoms with Gasteiger partial charge in [-0.15, -0.1) is 0 Å². The van der Waals surface area contributed by atoms with E-state index in [4.69, 9.17) is 16.3 Å². The average molecular weight is 605 g/mol. The Morgan fingerprint density at radius 1 is 1.02 bits per heavy atom. The van der Waals surface area contributed by atoms with Crippen molar-refractivity contribution in [3.63, 3.8) is 0 Å². The minimum atomic E-state index is -4.44. The SMILES string of the molecule is COc1ccc(F)cc1S(=O)(=O)N1CC(N2CCCCC2)C(=O)N2C1=CN(C(C)C)C(=O)C2Cc1ccc(Cl)cc1. The summed E-state index contributed by atoms with van der Waals surface area (Å²) in [5, 5.41) is 0.536. The van der Waals surface area contributed by atoms with Crippen LogP contribution in [0.3, 0.4) is 0 Å². The quantitative estimate of drug-likeness (QED) is 0.477. The van der Waals surface area contributed by atoms with E-state index < -0.39 is 27.9 Å². The molecule has 2 atom stereocenters. The summed E-state index contributed by atoms with van der Waals surface area (Å²) in [6, 6.07) is 8.19. The molecule has 0 spiro atoms. The first-order chi connectivity index (χ1) is 19.5. The first kappa shape index (κ1) is 29.3. The second kappa shape index (κ2) is 11.6. The van der Waals surface area contributed by atoms with Gasteiger partial charge in [-0.2, -0.15) is 0 Å². The van der Waals surface area contributed by atoms with Crippen molar-refractivity contribution in [2.45, 2.75) is 62.6 Å². The van der Waals surface area contributed by atoms with Crippen molar-refractivity contribution in [3.05, 3.63) is 70.9 Å². The Kier molecular flexibility index (Phi) is 8.31. The van der Waals surface area contributed by atoms with Gasteiger partial charge in [-0.3, -0.25) is 19.4 Å². The molecule has 41 heavy (non-hydrogen) atoms. The number of sulfonamides is 1. The van der Waals surface area contributed by atoms with Crippen LogP contribution in [-0.4, -0.2) is 84.1 Å². The van der Waals surface area contributed by atoms with E-state index in [2.05, 4.69) is 0 Å². The predicted molar refractivity (Wildman–Crippen MR) is 152 cm³/mol. The van der Waals surface area contributed by atoms with E-state index in [0.717, 1.165) is 41.3 Å². The van der Waals surface area contributed by atoms with Crippen molar-refractivity contribution < 1.29 is 27.1 Å². The van der Waals surface area contributed by atoms with Crippen LogP contribution in [-0.2, 0) is 26.0 Å². The first-order valence-electron chi connectivity index (χ1n) is 13.7. The Bertz CT molecular complexity index is 1460. The van der Waals surface area contributed by atoms with Gasteiger partial charge in [0.1, 0.15) is 34.4 Å². The number of rotatable bonds is 7. The highest BCUT2D eigenvalue weighted by atomic mass is 35.5. The molecule has 5 rings (SSSR count). The van der Waals surface area contributed by atoms with Crippen LogP contribution >= 0.6 is 11.6 Å². The van der Waals surface area contributed by atoms with E-state index in [1.165, 1.54) is 29.2 Å². The summed E-state index contributed by atoms with van der Waals surface area (Å²) in [5.74, 6) is -1.34. The summed E-state index contributed by atoms with van der Waals surface area (Å²) in [7, 11) is -3.12. The van der Waals surface area contributed by atoms with Gasteiger partial charge >= 0.3 is 0 Å². The Hall–Kier alpha value is -3.15. The molecular formula is C29H34ClFN4O5S. The number of methoxy groups -OCH3 is 1. The Morgan fingerprint density at radius 3 is 2.34 bits per heavy atom. The maximum Gasteiger partial charge on any atom is 0.269 e. The summed E-state index contributed by atoms with van der Waals surface area (Å²) in [6.07, 6.45) is 4.37. The zero-order valence-electron chi connectivity index (χ0n) is 23.3. The number of halogens is 2. The number of hydrogen-bond acceptors (Lipinski definition) is 6. The van der Waals surface area contributed by atoms with Crippen LogP contribution in [0, 0.1) is 5.82 Å². The van der Waals surface area contributed by atoms with Gasteiger partial charge in [-0.25, -0.2) is 17.1 Å². The van der Waals surface area contributed by atoms with Crippen molar-refractivity contribution in [1.29, 1.82) is 0 Å². The lowest BCUT2D eigenvalue weighted by Gasteiger charge is -2.51. The third-order valence-corrected chi connectivity index (χ3v) is 9.94. The maximum atomic E-state index is 14.4. The van der Waals surface area contributed by atoms with Gasteiger partial charge in [0.05, 0.1) is 13.7 Å². The van der Waals surface area contributed by atoms with Gasteiger partial charge in [-0.1, -0.05) is 30.2 Å². The molecule has 3 heterocycles. The molecular weight excluding hydrogens is 571 g/mol. The predicted octanol–water partition coefficient (Wildman–Crippen LogP) is 3.84. The van der Waals surface area contributed by atoms with E-state index in [9.17, 15) is 22.4 Å². The molecule has 3 aliphatic heterocycles. The number of piperidine rings is 1. The smallest absolute Gasteiger partial charge is 0.269 e.